The van der Waals surface area contributed by atoms with Crippen molar-refractivity contribution in [1.82, 2.24) is 9.80 Å². The van der Waals surface area contributed by atoms with Crippen LogP contribution < -0.4 is 9.64 Å². The Morgan fingerprint density at radius 3 is 2.52 bits per heavy atom. The van der Waals surface area contributed by atoms with Crippen molar-refractivity contribution >= 4 is 23.4 Å². The lowest BCUT2D eigenvalue weighted by atomic mass is 10.2. The number of methoxy groups -OCH3 is 1. The van der Waals surface area contributed by atoms with Gasteiger partial charge in [-0.15, -0.1) is 0 Å². The number of benzene rings is 1. The largest absolute Gasteiger partial charge is 0.495 e. The number of likely N-dealkylation sites (tertiary alicyclic amines) is 1. The van der Waals surface area contributed by atoms with Crippen LogP contribution in [0, 0.1) is 0 Å². The lowest BCUT2D eigenvalue weighted by Crippen LogP contribution is -2.56. The van der Waals surface area contributed by atoms with Gasteiger partial charge < -0.3 is 19.4 Å². The molecule has 0 unspecified atom stereocenters. The van der Waals surface area contributed by atoms with Crippen LogP contribution in [0.25, 0.3) is 0 Å². The summed E-state index contributed by atoms with van der Waals surface area (Å²) in [6, 6.07) is 6.83. The lowest BCUT2D eigenvalue weighted by Gasteiger charge is -2.37. The summed E-state index contributed by atoms with van der Waals surface area (Å²) >= 11 is 0. The van der Waals surface area contributed by atoms with Gasteiger partial charge in [0, 0.05) is 26.1 Å². The second kappa shape index (κ2) is 7.13. The molecule has 2 saturated heterocycles. The Hall–Kier alpha value is -2.57. The Labute approximate surface area is 147 Å². The van der Waals surface area contributed by atoms with Gasteiger partial charge in [-0.05, 0) is 25.5 Å². The first-order valence-electron chi connectivity index (χ1n) is 8.54. The first-order chi connectivity index (χ1) is 12.0. The summed E-state index contributed by atoms with van der Waals surface area (Å²) in [7, 11) is 1.57. The summed E-state index contributed by atoms with van der Waals surface area (Å²) < 4.78 is 5.32. The number of anilines is 1. The Bertz CT molecular complexity index is 691. The highest BCUT2D eigenvalue weighted by Gasteiger charge is 2.35. The third kappa shape index (κ3) is 3.31. The van der Waals surface area contributed by atoms with Crippen LogP contribution in [0.15, 0.2) is 24.3 Å². The number of amides is 3. The standard InChI is InChI=1S/C18H23N3O4/c1-13(20-9-5-8-16(20)22)18(24)19-10-11-21(17(23)12-19)14-6-3-4-7-15(14)25-2/h3-4,6-7,13H,5,8-12H2,1-2H3/t13-/m0/s1. The molecule has 2 heterocycles. The minimum atomic E-state index is -0.513. The maximum absolute atomic E-state index is 12.7. The molecule has 134 valence electrons. The molecule has 0 N–H and O–H groups in total. The Morgan fingerprint density at radius 2 is 1.88 bits per heavy atom. The fourth-order valence-corrected chi connectivity index (χ4v) is 3.44. The van der Waals surface area contributed by atoms with Crippen molar-refractivity contribution in [3.8, 4) is 5.75 Å². The topological polar surface area (TPSA) is 70.2 Å². The first-order valence-corrected chi connectivity index (χ1v) is 8.54. The van der Waals surface area contributed by atoms with Gasteiger partial charge in [0.25, 0.3) is 0 Å². The Balaban J connectivity index is 1.68. The first kappa shape index (κ1) is 17.3. The zero-order valence-corrected chi connectivity index (χ0v) is 14.6. The molecule has 3 amide bonds. The number of rotatable bonds is 4. The number of carbonyl (C=O) groups is 3. The number of carbonyl (C=O) groups excluding carboxylic acids is 3. The van der Waals surface area contributed by atoms with Crippen molar-refractivity contribution in [3.05, 3.63) is 24.3 Å². The van der Waals surface area contributed by atoms with Crippen LogP contribution in [0.4, 0.5) is 5.69 Å². The van der Waals surface area contributed by atoms with E-state index in [0.29, 0.717) is 37.5 Å². The number of para-hydroxylation sites is 2. The van der Waals surface area contributed by atoms with Gasteiger partial charge >= 0.3 is 0 Å². The molecule has 0 spiro atoms. The Kier molecular flexibility index (Phi) is 4.92. The smallest absolute Gasteiger partial charge is 0.246 e. The van der Waals surface area contributed by atoms with Crippen molar-refractivity contribution in [1.29, 1.82) is 0 Å². The SMILES string of the molecule is COc1ccccc1N1CCN(C(=O)[C@H](C)N2CCCC2=O)CC1=O. The second-order valence-electron chi connectivity index (χ2n) is 6.34. The summed E-state index contributed by atoms with van der Waals surface area (Å²) in [5.41, 5.74) is 0.713. The van der Waals surface area contributed by atoms with Crippen LogP contribution in [-0.4, -0.2) is 66.9 Å². The van der Waals surface area contributed by atoms with E-state index in [1.807, 2.05) is 18.2 Å². The second-order valence-corrected chi connectivity index (χ2v) is 6.34. The van der Waals surface area contributed by atoms with Gasteiger partial charge in [-0.3, -0.25) is 14.4 Å². The van der Waals surface area contributed by atoms with E-state index >= 15 is 0 Å². The van der Waals surface area contributed by atoms with Gasteiger partial charge in [0.2, 0.25) is 17.7 Å². The third-order valence-corrected chi connectivity index (χ3v) is 4.84. The molecule has 2 aliphatic rings. The van der Waals surface area contributed by atoms with E-state index in [0.717, 1.165) is 6.42 Å². The minimum absolute atomic E-state index is 0.0137. The number of nitrogens with zero attached hydrogens (tertiary/aromatic N) is 3. The highest BCUT2D eigenvalue weighted by Crippen LogP contribution is 2.29. The molecule has 2 fully saturated rings. The molecule has 0 aromatic heterocycles. The average molecular weight is 345 g/mol. The van der Waals surface area contributed by atoms with Crippen molar-refractivity contribution in [3.63, 3.8) is 0 Å². The molecule has 3 rings (SSSR count). The molecule has 2 aliphatic heterocycles. The third-order valence-electron chi connectivity index (χ3n) is 4.84. The fourth-order valence-electron chi connectivity index (χ4n) is 3.44. The van der Waals surface area contributed by atoms with Crippen molar-refractivity contribution < 1.29 is 19.1 Å². The summed E-state index contributed by atoms with van der Waals surface area (Å²) in [5, 5.41) is 0. The predicted molar refractivity (Wildman–Crippen MR) is 92.3 cm³/mol. The van der Waals surface area contributed by atoms with E-state index in [2.05, 4.69) is 0 Å². The van der Waals surface area contributed by atoms with Gasteiger partial charge in [0.05, 0.1) is 12.8 Å². The molecule has 7 nitrogen and oxygen atoms in total. The molecule has 0 bridgehead atoms. The number of ether oxygens (including phenoxy) is 1. The van der Waals surface area contributed by atoms with Crippen LogP contribution in [0.2, 0.25) is 0 Å². The molecule has 25 heavy (non-hydrogen) atoms. The van der Waals surface area contributed by atoms with E-state index in [1.54, 1.807) is 34.8 Å². The average Bonchev–Trinajstić information content (AvgIpc) is 3.06. The van der Waals surface area contributed by atoms with Gasteiger partial charge in [-0.25, -0.2) is 0 Å². The van der Waals surface area contributed by atoms with Crippen LogP contribution in [0.3, 0.4) is 0 Å². The number of hydrogen-bond donors (Lipinski definition) is 0. The molecule has 1 aromatic carbocycles. The van der Waals surface area contributed by atoms with Gasteiger partial charge in [0.1, 0.15) is 18.3 Å². The normalized spacial score (nSPS) is 19.4. The van der Waals surface area contributed by atoms with E-state index in [1.165, 1.54) is 0 Å². The van der Waals surface area contributed by atoms with Gasteiger partial charge in [-0.1, -0.05) is 12.1 Å². The van der Waals surface area contributed by atoms with Crippen molar-refractivity contribution in [2.45, 2.75) is 25.8 Å². The van der Waals surface area contributed by atoms with Crippen LogP contribution in [0.1, 0.15) is 19.8 Å². The Morgan fingerprint density at radius 1 is 1.12 bits per heavy atom. The van der Waals surface area contributed by atoms with Crippen molar-refractivity contribution in [2.75, 3.05) is 38.2 Å². The summed E-state index contributed by atoms with van der Waals surface area (Å²) in [6.45, 7) is 3.22. The predicted octanol–water partition coefficient (Wildman–Crippen LogP) is 0.881. The molecular formula is C18H23N3O4. The van der Waals surface area contributed by atoms with Crippen LogP contribution in [0.5, 0.6) is 5.75 Å². The summed E-state index contributed by atoms with van der Waals surface area (Å²) in [6.07, 6.45) is 1.29. The fraction of sp³-hybridized carbons (Fsp3) is 0.500. The van der Waals surface area contributed by atoms with E-state index in [4.69, 9.17) is 4.74 Å². The van der Waals surface area contributed by atoms with E-state index in [-0.39, 0.29) is 24.3 Å². The molecule has 1 aromatic rings. The van der Waals surface area contributed by atoms with Crippen LogP contribution >= 0.6 is 0 Å². The maximum Gasteiger partial charge on any atom is 0.246 e. The van der Waals surface area contributed by atoms with Crippen molar-refractivity contribution in [2.24, 2.45) is 0 Å². The molecule has 0 saturated carbocycles. The van der Waals surface area contributed by atoms with Gasteiger partial charge in [0.15, 0.2) is 0 Å². The highest BCUT2D eigenvalue weighted by molar-refractivity contribution is 6.00. The van der Waals surface area contributed by atoms with E-state index in [9.17, 15) is 14.4 Å². The zero-order valence-electron chi connectivity index (χ0n) is 14.6. The van der Waals surface area contributed by atoms with Crippen LogP contribution in [-0.2, 0) is 14.4 Å². The molecular weight excluding hydrogens is 322 g/mol. The zero-order chi connectivity index (χ0) is 18.0. The van der Waals surface area contributed by atoms with Gasteiger partial charge in [-0.2, -0.15) is 0 Å². The quantitative estimate of drug-likeness (QED) is 0.812. The number of piperazine rings is 1. The minimum Gasteiger partial charge on any atom is -0.495 e. The summed E-state index contributed by atoms with van der Waals surface area (Å²) in [4.78, 5) is 41.9. The lowest BCUT2D eigenvalue weighted by molar-refractivity contribution is -0.145. The molecule has 7 heteroatoms. The maximum atomic E-state index is 12.7. The molecule has 0 aliphatic carbocycles. The summed E-state index contributed by atoms with van der Waals surface area (Å²) in [5.74, 6) is 0.332. The molecule has 1 atom stereocenters. The van der Waals surface area contributed by atoms with E-state index < -0.39 is 6.04 Å². The monoisotopic (exact) mass is 345 g/mol. The molecule has 0 radical (unpaired) electrons. The highest BCUT2D eigenvalue weighted by atomic mass is 16.5. The number of hydrogen-bond acceptors (Lipinski definition) is 4.